The van der Waals surface area contributed by atoms with E-state index in [1.54, 1.807) is 6.07 Å². The summed E-state index contributed by atoms with van der Waals surface area (Å²) in [6, 6.07) is 5.51. The van der Waals surface area contributed by atoms with Gasteiger partial charge in [0, 0.05) is 5.02 Å². The lowest BCUT2D eigenvalue weighted by Gasteiger charge is -2.32. The third-order valence-electron chi connectivity index (χ3n) is 2.87. The molecule has 1 unspecified atom stereocenters. The number of aliphatic hydroxyl groups excluding tert-OH is 1. The fourth-order valence-electron chi connectivity index (χ4n) is 2.07. The van der Waals surface area contributed by atoms with Gasteiger partial charge in [0.05, 0.1) is 6.61 Å². The Balaban J connectivity index is 2.52. The molecule has 0 saturated carbocycles. The van der Waals surface area contributed by atoms with Crippen molar-refractivity contribution in [2.45, 2.75) is 24.9 Å². The molecule has 0 aliphatic heterocycles. The van der Waals surface area contributed by atoms with E-state index >= 15 is 0 Å². The van der Waals surface area contributed by atoms with Crippen molar-refractivity contribution in [3.8, 4) is 0 Å². The largest absolute Gasteiger partial charge is 0.393 e. The number of rotatable bonds is 1. The Hall–Kier alpha value is -0.570. The van der Waals surface area contributed by atoms with E-state index in [1.165, 1.54) is 0 Å². The summed E-state index contributed by atoms with van der Waals surface area (Å²) in [6.45, 7) is -0.236. The van der Waals surface area contributed by atoms with Gasteiger partial charge in [-0.2, -0.15) is 0 Å². The van der Waals surface area contributed by atoms with Crippen LogP contribution in [0.25, 0.3) is 0 Å². The van der Waals surface area contributed by atoms with Crippen LogP contribution in [0.3, 0.4) is 0 Å². The highest BCUT2D eigenvalue weighted by molar-refractivity contribution is 6.30. The molecule has 3 heteroatoms. The van der Waals surface area contributed by atoms with Crippen LogP contribution in [0.1, 0.15) is 24.0 Å². The van der Waals surface area contributed by atoms with E-state index in [0.717, 1.165) is 24.0 Å². The summed E-state index contributed by atoms with van der Waals surface area (Å²) in [5, 5.41) is 20.0. The van der Waals surface area contributed by atoms with Crippen LogP contribution >= 0.6 is 11.6 Å². The Morgan fingerprint density at radius 2 is 2.21 bits per heavy atom. The second kappa shape index (κ2) is 3.54. The molecular weight excluding hydrogens is 200 g/mol. The molecule has 1 aromatic carbocycles. The highest BCUT2D eigenvalue weighted by Gasteiger charge is 2.33. The lowest BCUT2D eigenvalue weighted by Crippen LogP contribution is -2.34. The summed E-state index contributed by atoms with van der Waals surface area (Å²) >= 11 is 5.87. The maximum absolute atomic E-state index is 10.1. The molecule has 0 amide bonds. The van der Waals surface area contributed by atoms with E-state index in [9.17, 15) is 10.2 Å². The quantitative estimate of drug-likeness (QED) is 0.746. The zero-order chi connectivity index (χ0) is 10.2. The monoisotopic (exact) mass is 212 g/mol. The lowest BCUT2D eigenvalue weighted by molar-refractivity contribution is -0.0327. The molecule has 0 aromatic heterocycles. The number of fused-ring (bicyclic) bond motifs is 1. The summed E-state index contributed by atoms with van der Waals surface area (Å²) in [7, 11) is 0. The average molecular weight is 213 g/mol. The van der Waals surface area contributed by atoms with Crippen LogP contribution in [-0.4, -0.2) is 16.8 Å². The second-order valence-electron chi connectivity index (χ2n) is 3.84. The van der Waals surface area contributed by atoms with E-state index in [1.807, 2.05) is 12.1 Å². The van der Waals surface area contributed by atoms with Crippen LogP contribution in [0.4, 0.5) is 0 Å². The predicted octanol–water partition coefficient (Wildman–Crippen LogP) is 1.86. The Kier molecular flexibility index (Phi) is 2.52. The SMILES string of the molecule is OCC1(O)CCCc2ccc(Cl)cc21. The van der Waals surface area contributed by atoms with Crippen LogP contribution < -0.4 is 0 Å². The first-order valence-electron chi connectivity index (χ1n) is 4.78. The molecule has 0 bridgehead atoms. The standard InChI is InChI=1S/C11H13ClO2/c12-9-4-3-8-2-1-5-11(14,7-13)10(8)6-9/h3-4,6,13-14H,1-2,5,7H2. The maximum atomic E-state index is 10.1. The molecule has 14 heavy (non-hydrogen) atoms. The Morgan fingerprint density at radius 3 is 2.93 bits per heavy atom. The summed E-state index contributed by atoms with van der Waals surface area (Å²) in [5.74, 6) is 0. The lowest BCUT2D eigenvalue weighted by atomic mass is 9.80. The zero-order valence-corrected chi connectivity index (χ0v) is 8.59. The van der Waals surface area contributed by atoms with Crippen molar-refractivity contribution in [2.75, 3.05) is 6.61 Å². The molecule has 1 aliphatic rings. The molecule has 76 valence electrons. The number of halogens is 1. The van der Waals surface area contributed by atoms with Crippen molar-refractivity contribution in [3.63, 3.8) is 0 Å². The number of benzene rings is 1. The van der Waals surface area contributed by atoms with E-state index in [0.29, 0.717) is 11.4 Å². The van der Waals surface area contributed by atoms with Gasteiger partial charge in [0.1, 0.15) is 5.60 Å². The minimum Gasteiger partial charge on any atom is -0.393 e. The third kappa shape index (κ3) is 1.54. The fourth-order valence-corrected chi connectivity index (χ4v) is 2.24. The fraction of sp³-hybridized carbons (Fsp3) is 0.455. The van der Waals surface area contributed by atoms with Gasteiger partial charge in [0.15, 0.2) is 0 Å². The average Bonchev–Trinajstić information content (AvgIpc) is 2.20. The minimum atomic E-state index is -1.08. The van der Waals surface area contributed by atoms with Gasteiger partial charge in [0.25, 0.3) is 0 Å². The second-order valence-corrected chi connectivity index (χ2v) is 4.28. The van der Waals surface area contributed by atoms with Crippen molar-refractivity contribution < 1.29 is 10.2 Å². The molecule has 0 saturated heterocycles. The topological polar surface area (TPSA) is 40.5 Å². The van der Waals surface area contributed by atoms with E-state index < -0.39 is 5.60 Å². The molecule has 2 rings (SSSR count). The van der Waals surface area contributed by atoms with Crippen molar-refractivity contribution in [1.29, 1.82) is 0 Å². The van der Waals surface area contributed by atoms with Gasteiger partial charge < -0.3 is 10.2 Å². The highest BCUT2D eigenvalue weighted by Crippen LogP contribution is 2.36. The molecule has 0 spiro atoms. The van der Waals surface area contributed by atoms with Crippen molar-refractivity contribution >= 4 is 11.6 Å². The summed E-state index contributed by atoms with van der Waals surface area (Å²) in [4.78, 5) is 0. The van der Waals surface area contributed by atoms with Gasteiger partial charge in [-0.05, 0) is 42.5 Å². The van der Waals surface area contributed by atoms with Crippen molar-refractivity contribution in [1.82, 2.24) is 0 Å². The van der Waals surface area contributed by atoms with E-state index in [2.05, 4.69) is 0 Å². The van der Waals surface area contributed by atoms with Crippen molar-refractivity contribution in [2.24, 2.45) is 0 Å². The number of aryl methyl sites for hydroxylation is 1. The van der Waals surface area contributed by atoms with Gasteiger partial charge in [-0.3, -0.25) is 0 Å². The summed E-state index contributed by atoms with van der Waals surface area (Å²) in [6.07, 6.45) is 2.47. The van der Waals surface area contributed by atoms with Gasteiger partial charge in [-0.15, -0.1) is 0 Å². The molecule has 1 aliphatic carbocycles. The van der Waals surface area contributed by atoms with Crippen LogP contribution in [0.2, 0.25) is 5.02 Å². The molecule has 1 aromatic rings. The zero-order valence-electron chi connectivity index (χ0n) is 7.83. The molecule has 2 N–H and O–H groups in total. The Morgan fingerprint density at radius 1 is 1.43 bits per heavy atom. The van der Waals surface area contributed by atoms with Crippen LogP contribution in [0.15, 0.2) is 18.2 Å². The number of aliphatic hydroxyl groups is 2. The third-order valence-corrected chi connectivity index (χ3v) is 3.11. The van der Waals surface area contributed by atoms with E-state index in [4.69, 9.17) is 11.6 Å². The van der Waals surface area contributed by atoms with Crippen molar-refractivity contribution in [3.05, 3.63) is 34.3 Å². The first-order chi connectivity index (χ1) is 6.65. The normalized spacial score (nSPS) is 25.9. The molecule has 2 nitrogen and oxygen atoms in total. The maximum Gasteiger partial charge on any atom is 0.113 e. The highest BCUT2D eigenvalue weighted by atomic mass is 35.5. The van der Waals surface area contributed by atoms with Gasteiger partial charge in [0.2, 0.25) is 0 Å². The molecule has 0 fully saturated rings. The van der Waals surface area contributed by atoms with E-state index in [-0.39, 0.29) is 6.61 Å². The minimum absolute atomic E-state index is 0.236. The number of hydrogen-bond acceptors (Lipinski definition) is 2. The summed E-state index contributed by atoms with van der Waals surface area (Å²) < 4.78 is 0. The van der Waals surface area contributed by atoms with Gasteiger partial charge in [-0.1, -0.05) is 17.7 Å². The first-order valence-corrected chi connectivity index (χ1v) is 5.16. The van der Waals surface area contributed by atoms with Crippen LogP contribution in [-0.2, 0) is 12.0 Å². The van der Waals surface area contributed by atoms with Gasteiger partial charge in [-0.25, -0.2) is 0 Å². The molecule has 1 atom stereocenters. The van der Waals surface area contributed by atoms with Crippen LogP contribution in [0.5, 0.6) is 0 Å². The van der Waals surface area contributed by atoms with Crippen LogP contribution in [0, 0.1) is 0 Å². The summed E-state index contributed by atoms with van der Waals surface area (Å²) in [5.41, 5.74) is 0.800. The predicted molar refractivity (Wildman–Crippen MR) is 55.4 cm³/mol. The Labute approximate surface area is 88.1 Å². The molecule has 0 radical (unpaired) electrons. The van der Waals surface area contributed by atoms with Gasteiger partial charge >= 0.3 is 0 Å². The molecule has 0 heterocycles. The Bertz CT molecular complexity index is 351. The smallest absolute Gasteiger partial charge is 0.113 e. The molecular formula is C11H13ClO2. The first kappa shape index (κ1) is 9.97. The number of hydrogen-bond donors (Lipinski definition) is 2.